The third kappa shape index (κ3) is 2.62. The van der Waals surface area contributed by atoms with Crippen LogP contribution in [0.5, 0.6) is 5.75 Å². The van der Waals surface area contributed by atoms with Gasteiger partial charge in [-0.1, -0.05) is 12.1 Å². The summed E-state index contributed by atoms with van der Waals surface area (Å²) < 4.78 is 5.04. The molecule has 0 bridgehead atoms. The third-order valence-electron chi connectivity index (χ3n) is 3.45. The standard InChI is InChI=1S/C13H15NO5/c1-19-9-4-2-8(3-5-9)10-6-14(13(17)18)7-11(10)12(15)16/h2-5,10-11H,6-7H2,1H3,(H,15,16)(H,17,18)/t10-,11+/m1/s1. The van der Waals surface area contributed by atoms with Gasteiger partial charge in [-0.15, -0.1) is 0 Å². The van der Waals surface area contributed by atoms with E-state index in [2.05, 4.69) is 0 Å². The summed E-state index contributed by atoms with van der Waals surface area (Å²) in [6, 6.07) is 7.06. The molecule has 1 aromatic carbocycles. The average molecular weight is 265 g/mol. The van der Waals surface area contributed by atoms with Crippen molar-refractivity contribution in [2.24, 2.45) is 5.92 Å². The summed E-state index contributed by atoms with van der Waals surface area (Å²) in [5.74, 6) is -1.31. The lowest BCUT2D eigenvalue weighted by atomic mass is 9.89. The van der Waals surface area contributed by atoms with Crippen LogP contribution in [0.3, 0.4) is 0 Å². The van der Waals surface area contributed by atoms with Gasteiger partial charge in [0.25, 0.3) is 0 Å². The van der Waals surface area contributed by atoms with E-state index in [1.54, 1.807) is 31.4 Å². The lowest BCUT2D eigenvalue weighted by Crippen LogP contribution is -2.28. The van der Waals surface area contributed by atoms with E-state index < -0.39 is 18.0 Å². The molecular formula is C13H15NO5. The molecule has 1 fully saturated rings. The van der Waals surface area contributed by atoms with E-state index in [1.807, 2.05) is 0 Å². The summed E-state index contributed by atoms with van der Waals surface area (Å²) in [6.45, 7) is 0.236. The van der Waals surface area contributed by atoms with Gasteiger partial charge in [-0.2, -0.15) is 0 Å². The van der Waals surface area contributed by atoms with Gasteiger partial charge < -0.3 is 19.8 Å². The number of benzene rings is 1. The van der Waals surface area contributed by atoms with Crippen LogP contribution in [0, 0.1) is 5.92 Å². The van der Waals surface area contributed by atoms with Gasteiger partial charge in [0.05, 0.1) is 13.0 Å². The van der Waals surface area contributed by atoms with Gasteiger partial charge in [0.2, 0.25) is 0 Å². The quantitative estimate of drug-likeness (QED) is 0.864. The van der Waals surface area contributed by atoms with Gasteiger partial charge in [0, 0.05) is 19.0 Å². The van der Waals surface area contributed by atoms with Gasteiger partial charge in [-0.25, -0.2) is 4.79 Å². The van der Waals surface area contributed by atoms with E-state index >= 15 is 0 Å². The Morgan fingerprint density at radius 3 is 2.32 bits per heavy atom. The van der Waals surface area contributed by atoms with E-state index in [-0.39, 0.29) is 19.0 Å². The fourth-order valence-electron chi connectivity index (χ4n) is 2.40. The van der Waals surface area contributed by atoms with Gasteiger partial charge in [0.15, 0.2) is 0 Å². The molecule has 1 heterocycles. The second kappa shape index (κ2) is 5.17. The average Bonchev–Trinajstić information content (AvgIpc) is 2.84. The predicted molar refractivity (Wildman–Crippen MR) is 66.5 cm³/mol. The highest BCUT2D eigenvalue weighted by Gasteiger charge is 2.40. The second-order valence-corrected chi connectivity index (χ2v) is 4.51. The minimum absolute atomic E-state index is 0.0291. The molecule has 0 saturated carbocycles. The van der Waals surface area contributed by atoms with E-state index in [1.165, 1.54) is 0 Å². The van der Waals surface area contributed by atoms with Crippen LogP contribution < -0.4 is 4.74 Å². The van der Waals surface area contributed by atoms with Crippen molar-refractivity contribution >= 4 is 12.1 Å². The fraction of sp³-hybridized carbons (Fsp3) is 0.385. The zero-order valence-corrected chi connectivity index (χ0v) is 10.4. The number of hydrogen-bond donors (Lipinski definition) is 2. The predicted octanol–water partition coefficient (Wildman–Crippen LogP) is 1.47. The molecular weight excluding hydrogens is 250 g/mol. The number of nitrogens with zero attached hydrogens (tertiary/aromatic N) is 1. The highest BCUT2D eigenvalue weighted by Crippen LogP contribution is 2.33. The molecule has 2 rings (SSSR count). The highest BCUT2D eigenvalue weighted by molar-refractivity contribution is 5.75. The van der Waals surface area contributed by atoms with Crippen molar-refractivity contribution in [2.45, 2.75) is 5.92 Å². The van der Waals surface area contributed by atoms with Crippen molar-refractivity contribution < 1.29 is 24.5 Å². The monoisotopic (exact) mass is 265 g/mol. The zero-order chi connectivity index (χ0) is 14.0. The van der Waals surface area contributed by atoms with E-state index in [0.717, 1.165) is 10.5 Å². The molecule has 0 aromatic heterocycles. The smallest absolute Gasteiger partial charge is 0.407 e. The molecule has 0 unspecified atom stereocenters. The summed E-state index contributed by atoms with van der Waals surface area (Å²) in [4.78, 5) is 23.3. The van der Waals surface area contributed by atoms with Crippen molar-refractivity contribution in [1.82, 2.24) is 4.90 Å². The number of aliphatic carboxylic acids is 1. The number of carboxylic acid groups (broad SMARTS) is 2. The molecule has 0 spiro atoms. The first-order valence-corrected chi connectivity index (χ1v) is 5.87. The van der Waals surface area contributed by atoms with Crippen molar-refractivity contribution in [2.75, 3.05) is 20.2 Å². The van der Waals surface area contributed by atoms with Crippen LogP contribution in [0.4, 0.5) is 4.79 Å². The van der Waals surface area contributed by atoms with Crippen LogP contribution in [0.1, 0.15) is 11.5 Å². The van der Waals surface area contributed by atoms with E-state index in [9.17, 15) is 14.7 Å². The molecule has 0 aliphatic carbocycles. The topological polar surface area (TPSA) is 87.1 Å². The van der Waals surface area contributed by atoms with Crippen LogP contribution in [0.15, 0.2) is 24.3 Å². The van der Waals surface area contributed by atoms with E-state index in [0.29, 0.717) is 5.75 Å². The molecule has 19 heavy (non-hydrogen) atoms. The van der Waals surface area contributed by atoms with Gasteiger partial charge >= 0.3 is 12.1 Å². The molecule has 102 valence electrons. The largest absolute Gasteiger partial charge is 0.497 e. The fourth-order valence-corrected chi connectivity index (χ4v) is 2.40. The van der Waals surface area contributed by atoms with Crippen molar-refractivity contribution in [3.05, 3.63) is 29.8 Å². The van der Waals surface area contributed by atoms with Gasteiger partial charge in [-0.05, 0) is 17.7 Å². The first kappa shape index (κ1) is 13.2. The van der Waals surface area contributed by atoms with E-state index in [4.69, 9.17) is 9.84 Å². The summed E-state index contributed by atoms with van der Waals surface area (Å²) in [5.41, 5.74) is 0.817. The van der Waals surface area contributed by atoms with Gasteiger partial charge in [-0.3, -0.25) is 4.79 Å². The van der Waals surface area contributed by atoms with Crippen molar-refractivity contribution in [3.63, 3.8) is 0 Å². The van der Waals surface area contributed by atoms with Crippen LogP contribution in [0.25, 0.3) is 0 Å². The third-order valence-corrected chi connectivity index (χ3v) is 3.45. The minimum atomic E-state index is -1.08. The summed E-state index contributed by atoms with van der Waals surface area (Å²) >= 11 is 0. The maximum Gasteiger partial charge on any atom is 0.407 e. The Kier molecular flexibility index (Phi) is 3.59. The normalized spacial score (nSPS) is 22.3. The molecule has 1 amide bonds. The Morgan fingerprint density at radius 2 is 1.84 bits per heavy atom. The number of carboxylic acids is 1. The van der Waals surface area contributed by atoms with Crippen LogP contribution in [-0.4, -0.2) is 47.4 Å². The number of ether oxygens (including phenoxy) is 1. The first-order chi connectivity index (χ1) is 9.02. The molecule has 6 nitrogen and oxygen atoms in total. The van der Waals surface area contributed by atoms with Gasteiger partial charge in [0.1, 0.15) is 5.75 Å². The summed E-state index contributed by atoms with van der Waals surface area (Å²) in [6.07, 6.45) is -1.08. The van der Waals surface area contributed by atoms with Crippen LogP contribution in [-0.2, 0) is 4.79 Å². The highest BCUT2D eigenvalue weighted by atomic mass is 16.5. The number of methoxy groups -OCH3 is 1. The molecule has 1 aromatic rings. The molecule has 2 N–H and O–H groups in total. The second-order valence-electron chi connectivity index (χ2n) is 4.51. The number of amides is 1. The molecule has 1 saturated heterocycles. The van der Waals surface area contributed by atoms with Crippen LogP contribution >= 0.6 is 0 Å². The maximum atomic E-state index is 11.2. The Labute approximate surface area is 110 Å². The number of rotatable bonds is 3. The van der Waals surface area contributed by atoms with Crippen molar-refractivity contribution in [3.8, 4) is 5.75 Å². The number of carbonyl (C=O) groups is 2. The summed E-state index contributed by atoms with van der Waals surface area (Å²) in [7, 11) is 1.55. The lowest BCUT2D eigenvalue weighted by molar-refractivity contribution is -0.141. The van der Waals surface area contributed by atoms with Crippen LogP contribution in [0.2, 0.25) is 0 Å². The molecule has 1 aliphatic rings. The molecule has 0 radical (unpaired) electrons. The Bertz CT molecular complexity index is 484. The SMILES string of the molecule is COc1ccc([C@H]2CN(C(=O)O)C[C@@H]2C(=O)O)cc1. The molecule has 2 atom stereocenters. The molecule has 1 aliphatic heterocycles. The number of hydrogen-bond acceptors (Lipinski definition) is 3. The maximum absolute atomic E-state index is 11.2. The minimum Gasteiger partial charge on any atom is -0.497 e. The first-order valence-electron chi connectivity index (χ1n) is 5.87. The van der Waals surface area contributed by atoms with Crippen molar-refractivity contribution in [1.29, 1.82) is 0 Å². The summed E-state index contributed by atoms with van der Waals surface area (Å²) in [5, 5.41) is 18.2. The Balaban J connectivity index is 2.24. The Hall–Kier alpha value is -2.24. The lowest BCUT2D eigenvalue weighted by Gasteiger charge is -2.15. The Morgan fingerprint density at radius 1 is 1.21 bits per heavy atom. The zero-order valence-electron chi connectivity index (χ0n) is 10.4. The molecule has 6 heteroatoms. The number of likely N-dealkylation sites (tertiary alicyclic amines) is 1.